The largest absolute Gasteiger partial charge is 0.381 e. The molecule has 0 radical (unpaired) electrons. The van der Waals surface area contributed by atoms with E-state index in [2.05, 4.69) is 79.9 Å². The maximum atomic E-state index is 4.19. The molecule has 1 rings (SSSR count). The van der Waals surface area contributed by atoms with E-state index in [-0.39, 0.29) is 0 Å². The van der Waals surface area contributed by atoms with Crippen molar-refractivity contribution in [3.05, 3.63) is 64.3 Å². The molecule has 1 unspecified atom stereocenters. The molecule has 138 valence electrons. The van der Waals surface area contributed by atoms with Crippen LogP contribution in [0.2, 0.25) is 0 Å². The first-order valence-corrected chi connectivity index (χ1v) is 9.56. The first-order valence-electron chi connectivity index (χ1n) is 9.56. The molecule has 0 heterocycles. The molecule has 0 saturated heterocycles. The second-order valence-electron chi connectivity index (χ2n) is 7.43. The summed E-state index contributed by atoms with van der Waals surface area (Å²) in [5.74, 6) is 0.615. The molecule has 0 aliphatic heterocycles. The first-order chi connectivity index (χ1) is 11.7. The summed E-state index contributed by atoms with van der Waals surface area (Å²) in [6.07, 6.45) is 4.21. The van der Waals surface area contributed by atoms with Gasteiger partial charge in [0.15, 0.2) is 0 Å². The summed E-state index contributed by atoms with van der Waals surface area (Å²) in [6, 6.07) is 2.76. The van der Waals surface area contributed by atoms with Gasteiger partial charge in [0.2, 0.25) is 0 Å². The summed E-state index contributed by atoms with van der Waals surface area (Å²) >= 11 is 0. The fraction of sp³-hybridized carbons (Fsp3) is 0.500. The molecule has 1 N–H and O–H groups in total. The average molecular weight is 340 g/mol. The highest BCUT2D eigenvalue weighted by Gasteiger charge is 2.20. The molecule has 0 aromatic heterocycles. The maximum absolute atomic E-state index is 4.19. The van der Waals surface area contributed by atoms with Crippen molar-refractivity contribution in [2.24, 2.45) is 5.92 Å². The summed E-state index contributed by atoms with van der Waals surface area (Å²) in [5.41, 5.74) is 10.0. The van der Waals surface area contributed by atoms with Gasteiger partial charge in [-0.25, -0.2) is 0 Å². The van der Waals surface area contributed by atoms with Crippen LogP contribution in [-0.2, 0) is 0 Å². The number of allylic oxidation sites excluding steroid dienone is 3. The Kier molecular flexibility index (Phi) is 7.73. The van der Waals surface area contributed by atoms with Crippen molar-refractivity contribution in [3.63, 3.8) is 0 Å². The van der Waals surface area contributed by atoms with Gasteiger partial charge < -0.3 is 5.32 Å². The van der Waals surface area contributed by atoms with Gasteiger partial charge in [-0.2, -0.15) is 0 Å². The van der Waals surface area contributed by atoms with Crippen LogP contribution in [0.4, 0.5) is 0 Å². The number of aryl methyl sites for hydroxylation is 1. The lowest BCUT2D eigenvalue weighted by Gasteiger charge is -2.29. The van der Waals surface area contributed by atoms with Gasteiger partial charge in [0, 0.05) is 17.3 Å². The van der Waals surface area contributed by atoms with Crippen molar-refractivity contribution in [2.45, 2.75) is 74.3 Å². The van der Waals surface area contributed by atoms with Crippen molar-refractivity contribution >= 4 is 5.70 Å². The van der Waals surface area contributed by atoms with Crippen LogP contribution in [0.15, 0.2) is 36.4 Å². The van der Waals surface area contributed by atoms with Gasteiger partial charge >= 0.3 is 0 Å². The van der Waals surface area contributed by atoms with Gasteiger partial charge in [-0.15, -0.1) is 0 Å². The molecule has 0 bridgehead atoms. The van der Waals surface area contributed by atoms with E-state index in [1.807, 2.05) is 6.08 Å². The van der Waals surface area contributed by atoms with Crippen molar-refractivity contribution in [2.75, 3.05) is 0 Å². The van der Waals surface area contributed by atoms with Gasteiger partial charge in [-0.05, 0) is 86.4 Å². The zero-order valence-corrected chi connectivity index (χ0v) is 17.6. The highest BCUT2D eigenvalue weighted by molar-refractivity contribution is 5.76. The Labute approximate surface area is 155 Å². The van der Waals surface area contributed by atoms with Crippen molar-refractivity contribution in [1.82, 2.24) is 5.32 Å². The molecule has 1 nitrogen and oxygen atoms in total. The summed E-state index contributed by atoms with van der Waals surface area (Å²) < 4.78 is 0. The van der Waals surface area contributed by atoms with Gasteiger partial charge in [0.25, 0.3) is 0 Å². The molecule has 0 aliphatic rings. The Hall–Kier alpha value is -1.76. The monoisotopic (exact) mass is 339 g/mol. The van der Waals surface area contributed by atoms with Gasteiger partial charge in [0.05, 0.1) is 0 Å². The van der Waals surface area contributed by atoms with Crippen LogP contribution in [0, 0.1) is 33.6 Å². The summed E-state index contributed by atoms with van der Waals surface area (Å²) in [5, 5.41) is 3.87. The fourth-order valence-electron chi connectivity index (χ4n) is 3.38. The molecule has 1 aromatic carbocycles. The Bertz CT molecular complexity index is 676. The molecule has 0 fully saturated rings. The molecular weight excluding hydrogens is 302 g/mol. The quantitative estimate of drug-likeness (QED) is 0.513. The van der Waals surface area contributed by atoms with Gasteiger partial charge in [-0.1, -0.05) is 46.4 Å². The molecule has 1 aromatic rings. The second kappa shape index (κ2) is 9.08. The predicted octanol–water partition coefficient (Wildman–Crippen LogP) is 6.81. The van der Waals surface area contributed by atoms with Gasteiger partial charge in [0.1, 0.15) is 0 Å². The molecule has 25 heavy (non-hydrogen) atoms. The highest BCUT2D eigenvalue weighted by atomic mass is 14.9. The third-order valence-corrected chi connectivity index (χ3v) is 5.78. The van der Waals surface area contributed by atoms with E-state index in [0.29, 0.717) is 12.0 Å². The highest BCUT2D eigenvalue weighted by Crippen LogP contribution is 2.31. The van der Waals surface area contributed by atoms with Gasteiger partial charge in [-0.3, -0.25) is 0 Å². The predicted molar refractivity (Wildman–Crippen MR) is 114 cm³/mol. The SMILES string of the molecule is C=C/C(C(=C)C)=C(\NC(CC)[C@H](C)CC)c1cc(C)c(C)c(C)c1C. The Balaban J connectivity index is 3.65. The van der Waals surface area contributed by atoms with Crippen molar-refractivity contribution in [1.29, 1.82) is 0 Å². The van der Waals surface area contributed by atoms with Crippen LogP contribution in [-0.4, -0.2) is 6.04 Å². The number of hydrogen-bond acceptors (Lipinski definition) is 1. The molecule has 2 atom stereocenters. The second-order valence-corrected chi connectivity index (χ2v) is 7.43. The van der Waals surface area contributed by atoms with E-state index >= 15 is 0 Å². The van der Waals surface area contributed by atoms with E-state index in [1.165, 1.54) is 39.9 Å². The van der Waals surface area contributed by atoms with Crippen LogP contribution < -0.4 is 5.32 Å². The number of nitrogens with one attached hydrogen (secondary N) is 1. The summed E-state index contributed by atoms with van der Waals surface area (Å²) in [6.45, 7) is 26.0. The Morgan fingerprint density at radius 1 is 1.08 bits per heavy atom. The normalized spacial score (nSPS) is 14.6. The van der Waals surface area contributed by atoms with E-state index in [4.69, 9.17) is 0 Å². The van der Waals surface area contributed by atoms with Crippen LogP contribution in [0.3, 0.4) is 0 Å². The fourth-order valence-corrected chi connectivity index (χ4v) is 3.38. The number of rotatable bonds is 8. The number of benzene rings is 1. The van der Waals surface area contributed by atoms with E-state index in [9.17, 15) is 0 Å². The third kappa shape index (κ3) is 4.66. The van der Waals surface area contributed by atoms with E-state index in [1.54, 1.807) is 0 Å². The van der Waals surface area contributed by atoms with Crippen LogP contribution in [0.5, 0.6) is 0 Å². The zero-order valence-electron chi connectivity index (χ0n) is 17.6. The van der Waals surface area contributed by atoms with Crippen molar-refractivity contribution in [3.8, 4) is 0 Å². The minimum absolute atomic E-state index is 0.440. The lowest BCUT2D eigenvalue weighted by molar-refractivity contribution is 0.395. The van der Waals surface area contributed by atoms with E-state index in [0.717, 1.165) is 17.6 Å². The standard InChI is InChI=1S/C24H37N/c1-11-16(6)23(13-3)25-24(21(12-2)15(4)5)22-14-17(7)18(8)19(9)20(22)10/h12,14,16,23,25H,2,4,11,13H2,1,3,5-10H3/b24-21+/t16-,23?/m1/s1. The molecule has 0 aliphatic carbocycles. The molecule has 0 amide bonds. The smallest absolute Gasteiger partial charge is 0.0494 e. The average Bonchev–Trinajstić information content (AvgIpc) is 2.59. The molecular formula is C24H37N. The molecule has 1 heteroatoms. The topological polar surface area (TPSA) is 12.0 Å². The van der Waals surface area contributed by atoms with Crippen LogP contribution >= 0.6 is 0 Å². The molecule has 0 saturated carbocycles. The lowest BCUT2D eigenvalue weighted by atomic mass is 9.89. The lowest BCUT2D eigenvalue weighted by Crippen LogP contribution is -2.34. The van der Waals surface area contributed by atoms with Crippen molar-refractivity contribution < 1.29 is 0 Å². The molecule has 0 spiro atoms. The zero-order chi connectivity index (χ0) is 19.3. The van der Waals surface area contributed by atoms with Crippen LogP contribution in [0.25, 0.3) is 5.70 Å². The maximum Gasteiger partial charge on any atom is 0.0494 e. The summed E-state index contributed by atoms with van der Waals surface area (Å²) in [7, 11) is 0. The Morgan fingerprint density at radius 2 is 1.68 bits per heavy atom. The summed E-state index contributed by atoms with van der Waals surface area (Å²) in [4.78, 5) is 0. The minimum atomic E-state index is 0.440. The van der Waals surface area contributed by atoms with E-state index < -0.39 is 0 Å². The number of hydrogen-bond donors (Lipinski definition) is 1. The minimum Gasteiger partial charge on any atom is -0.381 e. The Morgan fingerprint density at radius 3 is 2.12 bits per heavy atom. The van der Waals surface area contributed by atoms with Crippen LogP contribution in [0.1, 0.15) is 68.4 Å². The first kappa shape index (κ1) is 21.3. The third-order valence-electron chi connectivity index (χ3n) is 5.78.